The van der Waals surface area contributed by atoms with Crippen molar-refractivity contribution in [1.29, 1.82) is 0 Å². The van der Waals surface area contributed by atoms with Gasteiger partial charge in [-0.1, -0.05) is 25.4 Å². The molecule has 5 nitrogen and oxygen atoms in total. The van der Waals surface area contributed by atoms with Crippen LogP contribution in [0.25, 0.3) is 6.08 Å². The van der Waals surface area contributed by atoms with E-state index < -0.39 is 0 Å². The first kappa shape index (κ1) is 16.0. The number of nitrogens with two attached hydrogens (primary N) is 1. The molecule has 21 heavy (non-hydrogen) atoms. The number of carbonyl (C=O) groups excluding carboxylic acids is 1. The first-order chi connectivity index (χ1) is 9.88. The predicted octanol–water partition coefficient (Wildman–Crippen LogP) is 2.07. The highest BCUT2D eigenvalue weighted by Crippen LogP contribution is 2.22. The molecule has 1 atom stereocenters. The van der Waals surface area contributed by atoms with Crippen LogP contribution in [-0.2, 0) is 11.3 Å². The Bertz CT molecular complexity index is 550. The van der Waals surface area contributed by atoms with Gasteiger partial charge in [-0.3, -0.25) is 9.48 Å². The zero-order valence-electron chi connectivity index (χ0n) is 12.8. The van der Waals surface area contributed by atoms with Gasteiger partial charge in [0.2, 0.25) is 5.91 Å². The molecule has 1 aromatic rings. The van der Waals surface area contributed by atoms with Crippen molar-refractivity contribution in [3.8, 4) is 0 Å². The second-order valence-corrected chi connectivity index (χ2v) is 6.39. The maximum absolute atomic E-state index is 12.1. The molecule has 1 amide bonds. The van der Waals surface area contributed by atoms with Gasteiger partial charge < -0.3 is 10.6 Å². The van der Waals surface area contributed by atoms with Crippen LogP contribution in [-0.4, -0.2) is 39.7 Å². The highest BCUT2D eigenvalue weighted by Gasteiger charge is 2.22. The van der Waals surface area contributed by atoms with Crippen molar-refractivity contribution in [2.24, 2.45) is 11.7 Å². The molecule has 0 spiro atoms. The summed E-state index contributed by atoms with van der Waals surface area (Å²) >= 11 is 6.34. The van der Waals surface area contributed by atoms with Crippen LogP contribution in [0.2, 0.25) is 5.15 Å². The van der Waals surface area contributed by atoms with E-state index in [2.05, 4.69) is 18.9 Å². The fourth-order valence-electron chi connectivity index (χ4n) is 2.47. The molecule has 0 unspecified atom stereocenters. The van der Waals surface area contributed by atoms with E-state index in [1.165, 1.54) is 0 Å². The number of rotatable bonds is 4. The van der Waals surface area contributed by atoms with Crippen LogP contribution in [0, 0.1) is 12.8 Å². The second-order valence-electron chi connectivity index (χ2n) is 6.03. The summed E-state index contributed by atoms with van der Waals surface area (Å²) in [5.41, 5.74) is 7.47. The Morgan fingerprint density at radius 3 is 2.86 bits per heavy atom. The largest absolute Gasteiger partial charge is 0.338 e. The van der Waals surface area contributed by atoms with Gasteiger partial charge in [0.25, 0.3) is 0 Å². The minimum Gasteiger partial charge on any atom is -0.338 e. The second kappa shape index (κ2) is 6.62. The predicted molar refractivity (Wildman–Crippen MR) is 85.0 cm³/mol. The zero-order valence-corrected chi connectivity index (χ0v) is 13.6. The molecular weight excluding hydrogens is 288 g/mol. The molecule has 0 aliphatic carbocycles. The van der Waals surface area contributed by atoms with Gasteiger partial charge in [0.1, 0.15) is 5.15 Å². The van der Waals surface area contributed by atoms with Crippen LogP contribution >= 0.6 is 11.6 Å². The van der Waals surface area contributed by atoms with Crippen LogP contribution in [0.5, 0.6) is 0 Å². The molecule has 1 aliphatic heterocycles. The van der Waals surface area contributed by atoms with Gasteiger partial charge in [-0.25, -0.2) is 0 Å². The topological polar surface area (TPSA) is 64.2 Å². The summed E-state index contributed by atoms with van der Waals surface area (Å²) in [4.78, 5) is 13.9. The van der Waals surface area contributed by atoms with Crippen molar-refractivity contribution < 1.29 is 4.79 Å². The number of nitrogens with zero attached hydrogens (tertiary/aromatic N) is 3. The number of aromatic nitrogens is 2. The summed E-state index contributed by atoms with van der Waals surface area (Å²) in [7, 11) is 0. The fraction of sp³-hybridized carbons (Fsp3) is 0.600. The number of amides is 1. The van der Waals surface area contributed by atoms with E-state index in [0.717, 1.165) is 30.8 Å². The van der Waals surface area contributed by atoms with Crippen molar-refractivity contribution in [1.82, 2.24) is 14.7 Å². The molecule has 116 valence electrons. The maximum atomic E-state index is 12.1. The average Bonchev–Trinajstić information content (AvgIpc) is 2.93. The van der Waals surface area contributed by atoms with Crippen LogP contribution in [0.1, 0.15) is 31.5 Å². The standard InChI is InChI=1S/C15H23ClN4O/c1-10(2)8-20-15(16)13(11(3)18-20)4-5-14(21)19-7-6-12(17)9-19/h4-5,10,12H,6-9,17H2,1-3H3/t12-/m1/s1. The lowest BCUT2D eigenvalue weighted by molar-refractivity contribution is -0.124. The van der Waals surface area contributed by atoms with E-state index in [4.69, 9.17) is 17.3 Å². The Balaban J connectivity index is 2.10. The van der Waals surface area contributed by atoms with Crippen molar-refractivity contribution in [2.75, 3.05) is 13.1 Å². The van der Waals surface area contributed by atoms with E-state index >= 15 is 0 Å². The third-order valence-corrected chi connectivity index (χ3v) is 3.98. The molecule has 0 bridgehead atoms. The lowest BCUT2D eigenvalue weighted by atomic mass is 10.2. The van der Waals surface area contributed by atoms with Gasteiger partial charge in [0.15, 0.2) is 0 Å². The molecule has 0 saturated carbocycles. The van der Waals surface area contributed by atoms with E-state index in [-0.39, 0.29) is 11.9 Å². The van der Waals surface area contributed by atoms with Crippen LogP contribution < -0.4 is 5.73 Å². The van der Waals surface area contributed by atoms with Crippen molar-refractivity contribution in [2.45, 2.75) is 39.8 Å². The summed E-state index contributed by atoms with van der Waals surface area (Å²) in [6.45, 7) is 8.25. The molecule has 0 aromatic carbocycles. The number of likely N-dealkylation sites (tertiary alicyclic amines) is 1. The minimum atomic E-state index is -0.0185. The Morgan fingerprint density at radius 1 is 1.57 bits per heavy atom. The number of aryl methyl sites for hydroxylation is 1. The van der Waals surface area contributed by atoms with Crippen molar-refractivity contribution in [3.05, 3.63) is 22.5 Å². The lowest BCUT2D eigenvalue weighted by Crippen LogP contribution is -2.30. The zero-order chi connectivity index (χ0) is 15.6. The van der Waals surface area contributed by atoms with Gasteiger partial charge in [-0.15, -0.1) is 0 Å². The average molecular weight is 311 g/mol. The molecular formula is C15H23ClN4O. The van der Waals surface area contributed by atoms with Crippen LogP contribution in [0.15, 0.2) is 6.08 Å². The quantitative estimate of drug-likeness (QED) is 0.866. The van der Waals surface area contributed by atoms with Gasteiger partial charge in [-0.2, -0.15) is 5.10 Å². The normalized spacial score (nSPS) is 19.1. The third kappa shape index (κ3) is 3.86. The summed E-state index contributed by atoms with van der Waals surface area (Å²) in [6.07, 6.45) is 4.19. The number of hydrogen-bond acceptors (Lipinski definition) is 3. The molecule has 6 heteroatoms. The summed E-state index contributed by atoms with van der Waals surface area (Å²) < 4.78 is 1.79. The Hall–Kier alpha value is -1.33. The molecule has 1 saturated heterocycles. The van der Waals surface area contributed by atoms with E-state index in [9.17, 15) is 4.79 Å². The molecule has 0 radical (unpaired) electrons. The van der Waals surface area contributed by atoms with Gasteiger partial charge in [0.05, 0.1) is 5.69 Å². The monoisotopic (exact) mass is 310 g/mol. The Kier molecular flexibility index (Phi) is 5.06. The highest BCUT2D eigenvalue weighted by atomic mass is 35.5. The first-order valence-electron chi connectivity index (χ1n) is 7.34. The molecule has 2 rings (SSSR count). The molecule has 2 heterocycles. The first-order valence-corrected chi connectivity index (χ1v) is 7.71. The summed E-state index contributed by atoms with van der Waals surface area (Å²) in [6, 6.07) is 0.0986. The number of halogens is 1. The van der Waals surface area contributed by atoms with Crippen molar-refractivity contribution in [3.63, 3.8) is 0 Å². The molecule has 1 aliphatic rings. The van der Waals surface area contributed by atoms with Gasteiger partial charge >= 0.3 is 0 Å². The Morgan fingerprint density at radius 2 is 2.29 bits per heavy atom. The summed E-state index contributed by atoms with van der Waals surface area (Å²) in [5, 5.41) is 5.01. The molecule has 1 aromatic heterocycles. The smallest absolute Gasteiger partial charge is 0.246 e. The van der Waals surface area contributed by atoms with E-state index in [1.54, 1.807) is 21.7 Å². The van der Waals surface area contributed by atoms with Crippen LogP contribution in [0.3, 0.4) is 0 Å². The van der Waals surface area contributed by atoms with Crippen molar-refractivity contribution >= 4 is 23.6 Å². The van der Waals surface area contributed by atoms with Gasteiger partial charge in [-0.05, 0) is 25.3 Å². The van der Waals surface area contributed by atoms with E-state index in [0.29, 0.717) is 17.6 Å². The maximum Gasteiger partial charge on any atom is 0.246 e. The SMILES string of the molecule is Cc1nn(CC(C)C)c(Cl)c1C=CC(=O)N1CC[C@@H](N)C1. The number of hydrogen-bond donors (Lipinski definition) is 1. The summed E-state index contributed by atoms with van der Waals surface area (Å²) in [5.74, 6) is 0.446. The lowest BCUT2D eigenvalue weighted by Gasteiger charge is -2.12. The molecule has 2 N–H and O–H groups in total. The Labute approximate surface area is 130 Å². The fourth-order valence-corrected chi connectivity index (χ4v) is 2.78. The highest BCUT2D eigenvalue weighted by molar-refractivity contribution is 6.31. The third-order valence-electron chi connectivity index (χ3n) is 3.58. The van der Waals surface area contributed by atoms with Gasteiger partial charge in [0, 0.05) is 37.3 Å². The van der Waals surface area contributed by atoms with Crippen LogP contribution in [0.4, 0.5) is 0 Å². The van der Waals surface area contributed by atoms with E-state index in [1.807, 2.05) is 6.92 Å². The number of carbonyl (C=O) groups is 1. The molecule has 1 fully saturated rings. The minimum absolute atomic E-state index is 0.0185.